The summed E-state index contributed by atoms with van der Waals surface area (Å²) in [7, 11) is -2.17. The molecule has 1 heterocycles. The molecule has 0 fully saturated rings. The minimum atomic E-state index is -3.76. The van der Waals surface area contributed by atoms with E-state index in [1.807, 2.05) is 46.8 Å². The fourth-order valence-electron chi connectivity index (χ4n) is 2.98. The molecule has 0 aliphatic rings. The van der Waals surface area contributed by atoms with E-state index in [9.17, 15) is 8.42 Å². The quantitative estimate of drug-likeness (QED) is 0.691. The number of methoxy groups -OCH3 is 1. The molecule has 0 amide bonds. The molecule has 138 valence electrons. The van der Waals surface area contributed by atoms with E-state index in [4.69, 9.17) is 4.74 Å². The number of ether oxygens (including phenoxy) is 1. The number of aromatic nitrogens is 2. The molecule has 6 heteroatoms. The van der Waals surface area contributed by atoms with E-state index in [1.165, 1.54) is 10.3 Å². The van der Waals surface area contributed by atoms with Crippen molar-refractivity contribution in [2.75, 3.05) is 7.11 Å². The van der Waals surface area contributed by atoms with Gasteiger partial charge in [0.1, 0.15) is 12.1 Å². The van der Waals surface area contributed by atoms with Crippen LogP contribution in [0.1, 0.15) is 37.5 Å². The third-order valence-corrected chi connectivity index (χ3v) is 6.32. The third kappa shape index (κ3) is 2.98. The molecule has 0 unspecified atom stereocenters. The van der Waals surface area contributed by atoms with Crippen LogP contribution in [0.4, 0.5) is 0 Å². The van der Waals surface area contributed by atoms with Gasteiger partial charge in [0.05, 0.1) is 23.0 Å². The van der Waals surface area contributed by atoms with Crippen LogP contribution in [0.15, 0.2) is 41.6 Å². The van der Waals surface area contributed by atoms with Gasteiger partial charge in [-0.1, -0.05) is 20.8 Å². The Kier molecular flexibility index (Phi) is 4.35. The zero-order valence-corrected chi connectivity index (χ0v) is 16.8. The second-order valence-electron chi connectivity index (χ2n) is 7.58. The molecule has 0 atom stereocenters. The van der Waals surface area contributed by atoms with E-state index in [1.54, 1.807) is 25.3 Å². The minimum absolute atomic E-state index is 0.223. The monoisotopic (exact) mass is 372 g/mol. The molecule has 0 spiro atoms. The maximum Gasteiger partial charge on any atom is 0.269 e. The van der Waals surface area contributed by atoms with Crippen LogP contribution in [0.25, 0.3) is 11.0 Å². The summed E-state index contributed by atoms with van der Waals surface area (Å²) in [4.78, 5) is 4.50. The average Bonchev–Trinajstić information content (AvgIpc) is 2.97. The number of imidazole rings is 1. The predicted octanol–water partition coefficient (Wildman–Crippen LogP) is 4.20. The molecule has 0 saturated heterocycles. The van der Waals surface area contributed by atoms with Crippen molar-refractivity contribution >= 4 is 21.1 Å². The first-order valence-corrected chi connectivity index (χ1v) is 9.88. The lowest BCUT2D eigenvalue weighted by molar-refractivity contribution is 0.397. The largest absolute Gasteiger partial charge is 0.496 e. The maximum atomic E-state index is 13.3. The number of hydrogen-bond donors (Lipinski definition) is 0. The molecule has 3 rings (SSSR count). The van der Waals surface area contributed by atoms with Gasteiger partial charge in [0, 0.05) is 5.56 Å². The number of aryl methyl sites for hydroxylation is 2. The SMILES string of the molecule is COc1ccc(S(=O)(=O)n2cnc3cc(C)c(C)cc32)cc1C(C)(C)C. The van der Waals surface area contributed by atoms with Crippen molar-refractivity contribution in [1.82, 2.24) is 8.96 Å². The Morgan fingerprint density at radius 2 is 1.69 bits per heavy atom. The van der Waals surface area contributed by atoms with Gasteiger partial charge in [-0.25, -0.2) is 17.4 Å². The van der Waals surface area contributed by atoms with Crippen LogP contribution in [0.5, 0.6) is 5.75 Å². The first-order valence-electron chi connectivity index (χ1n) is 8.44. The van der Waals surface area contributed by atoms with Crippen LogP contribution in [-0.2, 0) is 15.4 Å². The first kappa shape index (κ1) is 18.5. The Balaban J connectivity index is 2.22. The Labute approximate surface area is 154 Å². The second kappa shape index (κ2) is 6.13. The summed E-state index contributed by atoms with van der Waals surface area (Å²) in [6.07, 6.45) is 1.37. The van der Waals surface area contributed by atoms with Crippen LogP contribution >= 0.6 is 0 Å². The lowest BCUT2D eigenvalue weighted by Gasteiger charge is -2.23. The molecule has 2 aromatic carbocycles. The van der Waals surface area contributed by atoms with E-state index in [-0.39, 0.29) is 10.3 Å². The van der Waals surface area contributed by atoms with Gasteiger partial charge < -0.3 is 4.74 Å². The predicted molar refractivity (Wildman–Crippen MR) is 103 cm³/mol. The van der Waals surface area contributed by atoms with Gasteiger partial charge in [0.2, 0.25) is 0 Å². The molecule has 0 bridgehead atoms. The Morgan fingerprint density at radius 1 is 1.04 bits per heavy atom. The van der Waals surface area contributed by atoms with Gasteiger partial charge in [0.25, 0.3) is 10.0 Å². The van der Waals surface area contributed by atoms with Crippen molar-refractivity contribution in [3.8, 4) is 5.75 Å². The number of hydrogen-bond acceptors (Lipinski definition) is 4. The molecule has 0 aliphatic carbocycles. The molecule has 26 heavy (non-hydrogen) atoms. The van der Waals surface area contributed by atoms with E-state index in [2.05, 4.69) is 4.98 Å². The Morgan fingerprint density at radius 3 is 2.31 bits per heavy atom. The van der Waals surface area contributed by atoms with E-state index in [0.29, 0.717) is 16.8 Å². The molecule has 0 N–H and O–H groups in total. The summed E-state index contributed by atoms with van der Waals surface area (Å²) in [5.74, 6) is 0.679. The van der Waals surface area contributed by atoms with Crippen molar-refractivity contribution in [1.29, 1.82) is 0 Å². The van der Waals surface area contributed by atoms with Gasteiger partial charge in [0.15, 0.2) is 0 Å². The van der Waals surface area contributed by atoms with Crippen LogP contribution in [0.2, 0.25) is 0 Å². The van der Waals surface area contributed by atoms with Crippen LogP contribution in [0.3, 0.4) is 0 Å². The molecule has 0 aliphatic heterocycles. The molecular weight excluding hydrogens is 348 g/mol. The van der Waals surface area contributed by atoms with Crippen LogP contribution in [-0.4, -0.2) is 24.5 Å². The summed E-state index contributed by atoms with van der Waals surface area (Å²) < 4.78 is 33.2. The van der Waals surface area contributed by atoms with E-state index in [0.717, 1.165) is 16.7 Å². The highest BCUT2D eigenvalue weighted by Crippen LogP contribution is 2.34. The summed E-state index contributed by atoms with van der Waals surface area (Å²) >= 11 is 0. The Hall–Kier alpha value is -2.34. The summed E-state index contributed by atoms with van der Waals surface area (Å²) in [5.41, 5.74) is 3.96. The van der Waals surface area contributed by atoms with Crippen molar-refractivity contribution in [3.63, 3.8) is 0 Å². The van der Waals surface area contributed by atoms with Gasteiger partial charge in [-0.2, -0.15) is 0 Å². The van der Waals surface area contributed by atoms with Gasteiger partial charge in [-0.3, -0.25) is 0 Å². The minimum Gasteiger partial charge on any atom is -0.496 e. The first-order chi connectivity index (χ1) is 12.1. The molecule has 0 radical (unpaired) electrons. The lowest BCUT2D eigenvalue weighted by Crippen LogP contribution is -2.16. The topological polar surface area (TPSA) is 61.2 Å². The fourth-order valence-corrected chi connectivity index (χ4v) is 4.29. The van der Waals surface area contributed by atoms with E-state index < -0.39 is 10.0 Å². The highest BCUT2D eigenvalue weighted by Gasteiger charge is 2.25. The molecule has 5 nitrogen and oxygen atoms in total. The standard InChI is InChI=1S/C20H24N2O3S/c1-13-9-17-18(10-14(13)2)22(12-21-17)26(23,24)15-7-8-19(25-6)16(11-15)20(3,4)5/h7-12H,1-6H3. The molecule has 3 aromatic rings. The number of benzene rings is 2. The molecular formula is C20H24N2O3S. The average molecular weight is 372 g/mol. The van der Waals surface area contributed by atoms with Gasteiger partial charge in [-0.05, 0) is 60.7 Å². The number of nitrogens with zero attached hydrogens (tertiary/aromatic N) is 2. The highest BCUT2D eigenvalue weighted by atomic mass is 32.2. The van der Waals surface area contributed by atoms with Crippen LogP contribution < -0.4 is 4.74 Å². The third-order valence-electron chi connectivity index (χ3n) is 4.67. The zero-order chi connectivity index (χ0) is 19.3. The number of fused-ring (bicyclic) bond motifs is 1. The Bertz CT molecular complexity index is 1090. The fraction of sp³-hybridized carbons (Fsp3) is 0.350. The van der Waals surface area contributed by atoms with Gasteiger partial charge in [-0.15, -0.1) is 0 Å². The van der Waals surface area contributed by atoms with E-state index >= 15 is 0 Å². The van der Waals surface area contributed by atoms with Crippen molar-refractivity contribution < 1.29 is 13.2 Å². The van der Waals surface area contributed by atoms with Gasteiger partial charge >= 0.3 is 0 Å². The summed E-state index contributed by atoms with van der Waals surface area (Å²) in [6.45, 7) is 10.0. The maximum absolute atomic E-state index is 13.3. The number of rotatable bonds is 3. The van der Waals surface area contributed by atoms with Crippen molar-refractivity contribution in [2.45, 2.75) is 44.9 Å². The highest BCUT2D eigenvalue weighted by molar-refractivity contribution is 7.90. The lowest BCUT2D eigenvalue weighted by atomic mass is 9.86. The van der Waals surface area contributed by atoms with Crippen LogP contribution in [0, 0.1) is 13.8 Å². The summed E-state index contributed by atoms with van der Waals surface area (Å²) in [5, 5.41) is 0. The second-order valence-corrected chi connectivity index (χ2v) is 9.40. The molecule has 1 aromatic heterocycles. The summed E-state index contributed by atoms with van der Waals surface area (Å²) in [6, 6.07) is 8.76. The van der Waals surface area contributed by atoms with Crippen molar-refractivity contribution in [2.24, 2.45) is 0 Å². The normalized spacial score (nSPS) is 12.5. The zero-order valence-electron chi connectivity index (χ0n) is 16.0. The smallest absolute Gasteiger partial charge is 0.269 e. The van der Waals surface area contributed by atoms with Crippen molar-refractivity contribution in [3.05, 3.63) is 53.3 Å². The molecule has 0 saturated carbocycles.